The zero-order chi connectivity index (χ0) is 28.6. The monoisotopic (exact) mass is 566 g/mol. The second kappa shape index (κ2) is 13.1. The molecule has 1 aliphatic carbocycles. The summed E-state index contributed by atoms with van der Waals surface area (Å²) in [5.74, 6) is 0.480. The maximum atomic E-state index is 13.2. The lowest BCUT2D eigenvalue weighted by molar-refractivity contribution is -0.0200. The summed E-state index contributed by atoms with van der Waals surface area (Å²) < 4.78 is 42.2. The summed E-state index contributed by atoms with van der Waals surface area (Å²) in [7, 11) is -1.55. The summed E-state index contributed by atoms with van der Waals surface area (Å²) in [6.45, 7) is -0.0579. The van der Waals surface area contributed by atoms with E-state index in [4.69, 9.17) is 19.9 Å². The predicted octanol–water partition coefficient (Wildman–Crippen LogP) is 3.68. The summed E-state index contributed by atoms with van der Waals surface area (Å²) in [4.78, 5) is 13.2. The van der Waals surface area contributed by atoms with E-state index in [0.717, 1.165) is 18.4 Å². The lowest BCUT2D eigenvalue weighted by Gasteiger charge is -2.45. The van der Waals surface area contributed by atoms with Crippen molar-refractivity contribution in [1.29, 1.82) is 0 Å². The van der Waals surface area contributed by atoms with Crippen LogP contribution in [0.3, 0.4) is 0 Å². The van der Waals surface area contributed by atoms with Crippen molar-refractivity contribution >= 4 is 21.4 Å². The summed E-state index contributed by atoms with van der Waals surface area (Å²) in [6.07, 6.45) is 1.46. The molecule has 0 aliphatic heterocycles. The zero-order valence-corrected chi connectivity index (χ0v) is 23.1. The minimum atomic E-state index is -3.04. The van der Waals surface area contributed by atoms with Crippen molar-refractivity contribution in [1.82, 2.24) is 5.32 Å². The van der Waals surface area contributed by atoms with E-state index < -0.39 is 38.8 Å². The Kier molecular flexibility index (Phi) is 9.59. The first-order chi connectivity index (χ1) is 19.2. The highest BCUT2D eigenvalue weighted by molar-refractivity contribution is 7.72. The average molecular weight is 567 g/mol. The second-order valence-electron chi connectivity index (χ2n) is 9.81. The summed E-state index contributed by atoms with van der Waals surface area (Å²) in [5.41, 5.74) is 3.73. The zero-order valence-electron chi connectivity index (χ0n) is 22.3. The molecule has 0 saturated heterocycles. The lowest BCUT2D eigenvalue weighted by Crippen LogP contribution is -2.73. The highest BCUT2D eigenvalue weighted by Crippen LogP contribution is 2.37. The smallest absolute Gasteiger partial charge is 0.409 e. The molecule has 0 heterocycles. The van der Waals surface area contributed by atoms with Crippen LogP contribution in [0.25, 0.3) is 0 Å². The van der Waals surface area contributed by atoms with Crippen molar-refractivity contribution in [2.24, 2.45) is 5.73 Å². The first-order valence-electron chi connectivity index (χ1n) is 13.1. The van der Waals surface area contributed by atoms with Crippen molar-refractivity contribution in [2.75, 3.05) is 7.11 Å². The average Bonchev–Trinajstić information content (AvgIpc) is 3.49. The molecular weight excluding hydrogens is 532 g/mol. The first-order valence-corrected chi connectivity index (χ1v) is 14.1. The number of alkyl carbamates (subject to hydrolysis) is 1. The third-order valence-corrected chi connectivity index (χ3v) is 7.73. The van der Waals surface area contributed by atoms with Crippen molar-refractivity contribution in [3.8, 4) is 5.75 Å². The van der Waals surface area contributed by atoms with Gasteiger partial charge in [0.25, 0.3) is 0 Å². The number of nitrogens with two attached hydrogens (primary N) is 1. The number of amides is 1. The minimum absolute atomic E-state index is 0.0579. The van der Waals surface area contributed by atoms with Gasteiger partial charge in [0.15, 0.2) is 5.60 Å². The van der Waals surface area contributed by atoms with E-state index in [-0.39, 0.29) is 18.6 Å². The van der Waals surface area contributed by atoms with E-state index in [1.165, 1.54) is 19.2 Å². The lowest BCUT2D eigenvalue weighted by atomic mass is 9.78. The molecule has 0 unspecified atom stereocenters. The maximum absolute atomic E-state index is 13.2. The summed E-state index contributed by atoms with van der Waals surface area (Å²) in [6, 6.07) is 24.1. The largest absolute Gasteiger partial charge is 0.497 e. The number of methoxy groups -OCH3 is 1. The standard InChI is InChI=1S/C30H34N2O7S/c1-37-25-18-16-24(17-19-25)30(34,27(40(35)36)39-26-14-8-9-15-26)29(31,20-22-10-4-2-5-11-22)32-28(33)38-21-23-12-6-3-7-13-23/h2-7,10-13,16-19,26,34H,8-9,14-15,20-21,31H2,1H3,(H,32,33)/t29-,30-/m0/s1. The second-order valence-corrected chi connectivity index (χ2v) is 10.6. The van der Waals surface area contributed by atoms with Gasteiger partial charge in [-0.2, -0.15) is 8.42 Å². The quantitative estimate of drug-likeness (QED) is 0.250. The molecule has 3 aromatic carbocycles. The SMILES string of the molecule is COc1ccc([C@](O)(C(OC2CCCC2)=S(=O)=O)[C@](N)(Cc2ccccc2)NC(=O)OCc2ccccc2)cc1. The van der Waals surface area contributed by atoms with Crippen LogP contribution in [0.2, 0.25) is 0 Å². The number of hydrogen-bond acceptors (Lipinski definition) is 8. The van der Waals surface area contributed by atoms with Gasteiger partial charge in [-0.05, 0) is 41.7 Å². The van der Waals surface area contributed by atoms with E-state index >= 15 is 0 Å². The molecule has 1 amide bonds. The molecule has 212 valence electrons. The highest BCUT2D eigenvalue weighted by Gasteiger charge is 2.56. The van der Waals surface area contributed by atoms with E-state index in [1.54, 1.807) is 48.5 Å². The Hall–Kier alpha value is -3.70. The highest BCUT2D eigenvalue weighted by atomic mass is 32.2. The topological polar surface area (TPSA) is 137 Å². The third kappa shape index (κ3) is 6.71. The number of hydrogen-bond donors (Lipinski definition) is 3. The molecule has 3 aromatic rings. The number of ether oxygens (including phenoxy) is 3. The van der Waals surface area contributed by atoms with Gasteiger partial charge >= 0.3 is 6.09 Å². The van der Waals surface area contributed by atoms with Crippen LogP contribution in [0.4, 0.5) is 4.79 Å². The normalized spacial score (nSPS) is 16.4. The van der Waals surface area contributed by atoms with E-state index in [0.29, 0.717) is 24.2 Å². The van der Waals surface area contributed by atoms with Crippen LogP contribution in [0, 0.1) is 0 Å². The molecule has 40 heavy (non-hydrogen) atoms. The Morgan fingerprint density at radius 1 is 0.950 bits per heavy atom. The Bertz CT molecular complexity index is 1400. The number of carbonyl (C=O) groups excluding carboxylic acids is 1. The van der Waals surface area contributed by atoms with Gasteiger partial charge in [0.1, 0.15) is 18.0 Å². The molecule has 0 bridgehead atoms. The van der Waals surface area contributed by atoms with Crippen LogP contribution in [0.15, 0.2) is 84.9 Å². The Morgan fingerprint density at radius 3 is 2.08 bits per heavy atom. The van der Waals surface area contributed by atoms with Gasteiger partial charge in [-0.15, -0.1) is 0 Å². The molecule has 0 aromatic heterocycles. The van der Waals surface area contributed by atoms with Gasteiger partial charge in [-0.1, -0.05) is 85.6 Å². The summed E-state index contributed by atoms with van der Waals surface area (Å²) >= 11 is 0. The van der Waals surface area contributed by atoms with E-state index in [9.17, 15) is 18.3 Å². The number of nitrogens with one attached hydrogen (secondary N) is 1. The van der Waals surface area contributed by atoms with Crippen LogP contribution >= 0.6 is 0 Å². The maximum Gasteiger partial charge on any atom is 0.409 e. The van der Waals surface area contributed by atoms with Crippen LogP contribution in [-0.2, 0) is 38.4 Å². The van der Waals surface area contributed by atoms with Crippen LogP contribution in [0.5, 0.6) is 5.75 Å². The van der Waals surface area contributed by atoms with Crippen molar-refractivity contribution in [2.45, 2.75) is 56.1 Å². The van der Waals surface area contributed by atoms with Gasteiger partial charge in [-0.3, -0.25) is 5.32 Å². The molecule has 1 fully saturated rings. The number of aliphatic hydroxyl groups is 1. The Balaban J connectivity index is 1.81. The van der Waals surface area contributed by atoms with Gasteiger partial charge in [0.05, 0.1) is 13.2 Å². The third-order valence-electron chi connectivity index (χ3n) is 7.04. The fourth-order valence-corrected chi connectivity index (χ4v) is 5.67. The van der Waals surface area contributed by atoms with Gasteiger partial charge in [0, 0.05) is 6.42 Å². The van der Waals surface area contributed by atoms with E-state index in [2.05, 4.69) is 5.32 Å². The number of benzene rings is 3. The van der Waals surface area contributed by atoms with Crippen LogP contribution in [0.1, 0.15) is 42.4 Å². The van der Waals surface area contributed by atoms with Crippen molar-refractivity contribution in [3.05, 3.63) is 102 Å². The number of carbonyl (C=O) groups is 1. The molecular formula is C30H34N2O7S. The van der Waals surface area contributed by atoms with Gasteiger partial charge in [0.2, 0.25) is 15.3 Å². The van der Waals surface area contributed by atoms with Crippen molar-refractivity contribution < 1.29 is 32.5 Å². The molecule has 4 rings (SSSR count). The molecule has 1 aliphatic rings. The van der Waals surface area contributed by atoms with Gasteiger partial charge < -0.3 is 25.1 Å². The van der Waals surface area contributed by atoms with E-state index in [1.807, 2.05) is 24.3 Å². The van der Waals surface area contributed by atoms with Gasteiger partial charge in [-0.25, -0.2) is 4.79 Å². The fraction of sp³-hybridized carbons (Fsp3) is 0.333. The molecule has 0 spiro atoms. The first kappa shape index (κ1) is 29.3. The molecule has 2 atom stereocenters. The predicted molar refractivity (Wildman–Crippen MR) is 151 cm³/mol. The van der Waals surface area contributed by atoms with Crippen LogP contribution in [-0.4, -0.2) is 43.5 Å². The Labute approximate surface area is 235 Å². The molecule has 10 heteroatoms. The number of rotatable bonds is 10. The summed E-state index contributed by atoms with van der Waals surface area (Å²) in [5, 5.41) is 14.5. The molecule has 0 radical (unpaired) electrons. The fourth-order valence-electron chi connectivity index (χ4n) is 4.91. The van der Waals surface area contributed by atoms with Crippen molar-refractivity contribution in [3.63, 3.8) is 0 Å². The Morgan fingerprint density at radius 2 is 1.52 bits per heavy atom. The molecule has 4 N–H and O–H groups in total. The molecule has 9 nitrogen and oxygen atoms in total. The molecule has 1 saturated carbocycles. The van der Waals surface area contributed by atoms with Crippen LogP contribution < -0.4 is 15.8 Å². The minimum Gasteiger partial charge on any atom is -0.497 e.